The molecule has 0 aliphatic heterocycles. The lowest BCUT2D eigenvalue weighted by molar-refractivity contribution is 1.39. The van der Waals surface area contributed by atoms with Crippen LogP contribution in [0.4, 0.5) is 0 Å². The van der Waals surface area contributed by atoms with Crippen LogP contribution in [0.25, 0.3) is 0 Å². The van der Waals surface area contributed by atoms with Gasteiger partial charge in [-0.25, -0.2) is 0 Å². The fourth-order valence-electron chi connectivity index (χ4n) is 0.669. The molecule has 60 valence electrons. The molecule has 0 aliphatic rings. The van der Waals surface area contributed by atoms with E-state index in [1.165, 1.54) is 0 Å². The minimum atomic E-state index is 0.724. The van der Waals surface area contributed by atoms with Gasteiger partial charge < -0.3 is 0 Å². The first-order chi connectivity index (χ1) is 5.16. The number of rotatable bonds is 1. The molecule has 0 amide bonds. The summed E-state index contributed by atoms with van der Waals surface area (Å²) >= 11 is 16.0. The third kappa shape index (κ3) is 2.20. The van der Waals surface area contributed by atoms with Crippen molar-refractivity contribution in [3.8, 4) is 0 Å². The Morgan fingerprint density at radius 2 is 1.91 bits per heavy atom. The second-order valence-corrected chi connectivity index (χ2v) is 4.55. The molecule has 0 nitrogen and oxygen atoms in total. The van der Waals surface area contributed by atoms with Crippen LogP contribution in [0.5, 0.6) is 0 Å². The predicted molar refractivity (Wildman–Crippen MR) is 59.5 cm³/mol. The number of halogens is 4. The van der Waals surface area contributed by atoms with Crippen LogP contribution < -0.4 is 0 Å². The highest BCUT2D eigenvalue weighted by molar-refractivity contribution is 9.11. The lowest BCUT2D eigenvalue weighted by Gasteiger charge is -2.03. The number of hydrogen-bond donors (Lipinski definition) is 0. The van der Waals surface area contributed by atoms with Crippen LogP contribution in [-0.4, -0.2) is 0 Å². The zero-order valence-electron chi connectivity index (χ0n) is 5.37. The Kier molecular flexibility index (Phi) is 3.89. The van der Waals surface area contributed by atoms with E-state index in [1.807, 2.05) is 12.1 Å². The van der Waals surface area contributed by atoms with Gasteiger partial charge in [-0.05, 0) is 43.5 Å². The van der Waals surface area contributed by atoms with Gasteiger partial charge in [0, 0.05) is 14.3 Å². The normalized spacial score (nSPS) is 10.2. The van der Waals surface area contributed by atoms with E-state index in [0.29, 0.717) is 0 Å². The van der Waals surface area contributed by atoms with Crippen LogP contribution in [-0.2, 0) is 5.33 Å². The van der Waals surface area contributed by atoms with E-state index in [1.54, 1.807) is 0 Å². The maximum atomic E-state index is 5.95. The Labute approximate surface area is 95.7 Å². The van der Waals surface area contributed by atoms with Crippen molar-refractivity contribution in [3.05, 3.63) is 31.7 Å². The fraction of sp³-hybridized carbons (Fsp3) is 0.143. The standard InChI is InChI=1S/C7H4Br3Cl/c8-3-4-1-2-5(9)7(11)6(4)10/h1-2H,3H2. The van der Waals surface area contributed by atoms with Crippen molar-refractivity contribution in [2.75, 3.05) is 0 Å². The molecule has 0 saturated heterocycles. The zero-order chi connectivity index (χ0) is 8.43. The third-order valence-corrected chi connectivity index (χ3v) is 4.28. The number of benzene rings is 1. The van der Waals surface area contributed by atoms with Gasteiger partial charge in [0.25, 0.3) is 0 Å². The topological polar surface area (TPSA) is 0 Å². The molecule has 0 aromatic heterocycles. The molecule has 0 N–H and O–H groups in total. The van der Waals surface area contributed by atoms with E-state index in [2.05, 4.69) is 47.8 Å². The van der Waals surface area contributed by atoms with Crippen LogP contribution in [0.3, 0.4) is 0 Å². The summed E-state index contributed by atoms with van der Waals surface area (Å²) in [5.41, 5.74) is 1.15. The molecule has 1 rings (SSSR count). The molecular weight excluding hydrogens is 359 g/mol. The summed E-state index contributed by atoms with van der Waals surface area (Å²) in [5, 5.41) is 1.53. The average Bonchev–Trinajstić information content (AvgIpc) is 2.01. The maximum Gasteiger partial charge on any atom is 0.0693 e. The molecule has 1 aromatic rings. The molecule has 1 aromatic carbocycles. The molecule has 0 atom stereocenters. The van der Waals surface area contributed by atoms with Crippen molar-refractivity contribution in [2.24, 2.45) is 0 Å². The van der Waals surface area contributed by atoms with Gasteiger partial charge in [0.1, 0.15) is 0 Å². The molecule has 0 saturated carbocycles. The minimum absolute atomic E-state index is 0.724. The van der Waals surface area contributed by atoms with Gasteiger partial charge in [-0.2, -0.15) is 0 Å². The summed E-state index contributed by atoms with van der Waals surface area (Å²) in [7, 11) is 0. The van der Waals surface area contributed by atoms with Crippen molar-refractivity contribution in [1.82, 2.24) is 0 Å². The monoisotopic (exact) mass is 360 g/mol. The van der Waals surface area contributed by atoms with E-state index in [9.17, 15) is 0 Å². The molecule has 0 heterocycles. The summed E-state index contributed by atoms with van der Waals surface area (Å²) in [4.78, 5) is 0. The highest BCUT2D eigenvalue weighted by Gasteiger charge is 2.05. The Morgan fingerprint density at radius 3 is 2.45 bits per heavy atom. The summed E-state index contributed by atoms with van der Waals surface area (Å²) in [6.07, 6.45) is 0. The van der Waals surface area contributed by atoms with E-state index in [-0.39, 0.29) is 0 Å². The van der Waals surface area contributed by atoms with Crippen LogP contribution in [0.2, 0.25) is 5.02 Å². The first kappa shape index (κ1) is 10.0. The van der Waals surface area contributed by atoms with Crippen molar-refractivity contribution >= 4 is 59.4 Å². The third-order valence-electron chi connectivity index (χ3n) is 1.26. The Bertz CT molecular complexity index is 273. The molecule has 0 radical (unpaired) electrons. The zero-order valence-corrected chi connectivity index (χ0v) is 10.9. The molecule has 4 heteroatoms. The first-order valence-corrected chi connectivity index (χ1v) is 5.93. The summed E-state index contributed by atoms with van der Waals surface area (Å²) in [6, 6.07) is 3.94. The molecule has 0 spiro atoms. The van der Waals surface area contributed by atoms with Gasteiger partial charge in [0.05, 0.1) is 5.02 Å². The van der Waals surface area contributed by atoms with Crippen LogP contribution >= 0.6 is 59.4 Å². The Morgan fingerprint density at radius 1 is 1.27 bits per heavy atom. The molecule has 11 heavy (non-hydrogen) atoms. The summed E-state index contributed by atoms with van der Waals surface area (Å²) in [5.74, 6) is 0. The predicted octanol–water partition coefficient (Wildman–Crippen LogP) is 4.76. The smallest absolute Gasteiger partial charge is 0.0693 e. The van der Waals surface area contributed by atoms with Crippen LogP contribution in [0, 0.1) is 0 Å². The lowest BCUT2D eigenvalue weighted by atomic mass is 10.2. The highest BCUT2D eigenvalue weighted by atomic mass is 79.9. The van der Waals surface area contributed by atoms with Crippen LogP contribution in [0.15, 0.2) is 21.1 Å². The van der Waals surface area contributed by atoms with E-state index >= 15 is 0 Å². The Hall–Kier alpha value is 0.950. The van der Waals surface area contributed by atoms with Crippen LogP contribution in [0.1, 0.15) is 5.56 Å². The van der Waals surface area contributed by atoms with Crippen molar-refractivity contribution in [2.45, 2.75) is 5.33 Å². The van der Waals surface area contributed by atoms with E-state index in [0.717, 1.165) is 24.9 Å². The molecule has 0 bridgehead atoms. The van der Waals surface area contributed by atoms with E-state index in [4.69, 9.17) is 11.6 Å². The largest absolute Gasteiger partial charge is 0.0876 e. The van der Waals surface area contributed by atoms with Gasteiger partial charge in [0.15, 0.2) is 0 Å². The number of alkyl halides is 1. The minimum Gasteiger partial charge on any atom is -0.0876 e. The van der Waals surface area contributed by atoms with Gasteiger partial charge in [-0.3, -0.25) is 0 Å². The van der Waals surface area contributed by atoms with Crippen molar-refractivity contribution in [1.29, 1.82) is 0 Å². The SMILES string of the molecule is Clc1c(Br)ccc(CBr)c1Br. The summed E-state index contributed by atoms with van der Waals surface area (Å²) in [6.45, 7) is 0. The van der Waals surface area contributed by atoms with Crippen molar-refractivity contribution < 1.29 is 0 Å². The van der Waals surface area contributed by atoms with Gasteiger partial charge in [-0.15, -0.1) is 0 Å². The molecular formula is C7H4Br3Cl. The molecule has 0 unspecified atom stereocenters. The van der Waals surface area contributed by atoms with E-state index < -0.39 is 0 Å². The van der Waals surface area contributed by atoms with Crippen molar-refractivity contribution in [3.63, 3.8) is 0 Å². The number of hydrogen-bond acceptors (Lipinski definition) is 0. The maximum absolute atomic E-state index is 5.95. The van der Waals surface area contributed by atoms with Gasteiger partial charge in [-0.1, -0.05) is 33.6 Å². The lowest BCUT2D eigenvalue weighted by Crippen LogP contribution is -1.81. The van der Waals surface area contributed by atoms with Gasteiger partial charge >= 0.3 is 0 Å². The highest BCUT2D eigenvalue weighted by Crippen LogP contribution is 2.33. The fourth-order valence-corrected chi connectivity index (χ4v) is 2.78. The quantitative estimate of drug-likeness (QED) is 0.499. The molecule has 0 fully saturated rings. The second-order valence-electron chi connectivity index (χ2n) is 1.97. The Balaban J connectivity index is 3.25. The molecule has 0 aliphatic carbocycles. The average molecular weight is 363 g/mol. The first-order valence-electron chi connectivity index (χ1n) is 2.85. The second kappa shape index (κ2) is 4.26. The summed E-state index contributed by atoms with van der Waals surface area (Å²) < 4.78 is 1.86. The van der Waals surface area contributed by atoms with Gasteiger partial charge in [0.2, 0.25) is 0 Å².